The van der Waals surface area contributed by atoms with Crippen molar-refractivity contribution >= 4 is 40.1 Å². The van der Waals surface area contributed by atoms with E-state index < -0.39 is 0 Å². The van der Waals surface area contributed by atoms with Crippen molar-refractivity contribution in [2.24, 2.45) is 0 Å². The molecule has 2 rings (SSSR count). The van der Waals surface area contributed by atoms with Gasteiger partial charge in [-0.1, -0.05) is 11.3 Å². The summed E-state index contributed by atoms with van der Waals surface area (Å²) in [4.78, 5) is 23.2. The van der Waals surface area contributed by atoms with Gasteiger partial charge in [0.2, 0.25) is 11.9 Å². The number of hydrogen-bond donors (Lipinski definition) is 2. The third-order valence-electron chi connectivity index (χ3n) is 1.66. The molecule has 0 aliphatic carbocycles. The number of carbonyl (C=O) groups excluding carboxylic acids is 1. The van der Waals surface area contributed by atoms with Gasteiger partial charge in [-0.2, -0.15) is 0 Å². The molecule has 17 heavy (non-hydrogen) atoms. The standard InChI is InChI=1S/C9H9N5OS2/c10-8-13-4-7(17-8)16-5-6(15)14-9-11-2-1-3-12-9/h1-4H,5H2,(H2,10,13)(H,11,12,14,15). The predicted octanol–water partition coefficient (Wildman–Crippen LogP) is 1.25. The van der Waals surface area contributed by atoms with E-state index >= 15 is 0 Å². The zero-order valence-electron chi connectivity index (χ0n) is 8.66. The normalized spacial score (nSPS) is 10.1. The largest absolute Gasteiger partial charge is 0.375 e. The highest BCUT2D eigenvalue weighted by Gasteiger charge is 2.06. The first-order chi connectivity index (χ1) is 8.24. The van der Waals surface area contributed by atoms with Crippen LogP contribution in [0.2, 0.25) is 0 Å². The van der Waals surface area contributed by atoms with Crippen LogP contribution < -0.4 is 11.1 Å². The maximum atomic E-state index is 11.5. The van der Waals surface area contributed by atoms with E-state index in [9.17, 15) is 4.79 Å². The van der Waals surface area contributed by atoms with Gasteiger partial charge in [-0.3, -0.25) is 10.1 Å². The number of nitrogens with two attached hydrogens (primary N) is 1. The summed E-state index contributed by atoms with van der Waals surface area (Å²) >= 11 is 2.73. The van der Waals surface area contributed by atoms with Crippen molar-refractivity contribution in [1.29, 1.82) is 0 Å². The first kappa shape index (κ1) is 11.8. The van der Waals surface area contributed by atoms with E-state index in [0.29, 0.717) is 11.1 Å². The third kappa shape index (κ3) is 3.68. The van der Waals surface area contributed by atoms with Crippen molar-refractivity contribution in [2.75, 3.05) is 16.8 Å². The number of anilines is 2. The van der Waals surface area contributed by atoms with Gasteiger partial charge in [0.05, 0.1) is 16.2 Å². The number of thioether (sulfide) groups is 1. The second-order valence-corrected chi connectivity index (χ2v) is 5.26. The van der Waals surface area contributed by atoms with Crippen molar-refractivity contribution in [1.82, 2.24) is 15.0 Å². The molecule has 0 saturated carbocycles. The molecule has 3 N–H and O–H groups in total. The van der Waals surface area contributed by atoms with Crippen LogP contribution in [0.3, 0.4) is 0 Å². The molecular formula is C9H9N5OS2. The minimum atomic E-state index is -0.159. The Hall–Kier alpha value is -1.67. The Kier molecular flexibility index (Phi) is 3.89. The number of nitrogens with one attached hydrogen (secondary N) is 1. The van der Waals surface area contributed by atoms with Crippen LogP contribution in [-0.2, 0) is 4.79 Å². The molecule has 0 fully saturated rings. The molecule has 0 saturated heterocycles. The number of aromatic nitrogens is 3. The van der Waals surface area contributed by atoms with Gasteiger partial charge in [-0.05, 0) is 6.07 Å². The lowest BCUT2D eigenvalue weighted by Gasteiger charge is -2.01. The Bertz CT molecular complexity index is 501. The van der Waals surface area contributed by atoms with Gasteiger partial charge in [0, 0.05) is 12.4 Å². The van der Waals surface area contributed by atoms with Gasteiger partial charge in [0.1, 0.15) is 0 Å². The molecule has 88 valence electrons. The second-order valence-electron chi connectivity index (χ2n) is 2.93. The Morgan fingerprint density at radius 2 is 2.18 bits per heavy atom. The number of thiazole rings is 1. The Morgan fingerprint density at radius 1 is 1.41 bits per heavy atom. The van der Waals surface area contributed by atoms with Gasteiger partial charge >= 0.3 is 0 Å². The third-order valence-corrected chi connectivity index (χ3v) is 3.69. The van der Waals surface area contributed by atoms with Gasteiger partial charge in [-0.15, -0.1) is 11.8 Å². The number of amides is 1. The molecule has 0 aliphatic heterocycles. The summed E-state index contributed by atoms with van der Waals surface area (Å²) in [6, 6.07) is 1.69. The molecular weight excluding hydrogens is 258 g/mol. The molecule has 2 aromatic rings. The smallest absolute Gasteiger partial charge is 0.237 e. The zero-order valence-corrected chi connectivity index (χ0v) is 10.3. The van der Waals surface area contributed by atoms with E-state index in [4.69, 9.17) is 5.73 Å². The van der Waals surface area contributed by atoms with Crippen LogP contribution in [0.1, 0.15) is 0 Å². The summed E-state index contributed by atoms with van der Waals surface area (Å²) < 4.78 is 0.909. The number of nitrogens with zero attached hydrogens (tertiary/aromatic N) is 3. The lowest BCUT2D eigenvalue weighted by atomic mass is 10.6. The minimum Gasteiger partial charge on any atom is -0.375 e. The molecule has 1 amide bonds. The van der Waals surface area contributed by atoms with Crippen LogP contribution in [0, 0.1) is 0 Å². The fourth-order valence-corrected chi connectivity index (χ4v) is 2.56. The summed E-state index contributed by atoms with van der Waals surface area (Å²) in [6.45, 7) is 0. The first-order valence-corrected chi connectivity index (χ1v) is 6.45. The maximum absolute atomic E-state index is 11.5. The molecule has 0 atom stereocenters. The number of nitrogen functional groups attached to an aromatic ring is 1. The summed E-state index contributed by atoms with van der Waals surface area (Å²) in [5, 5.41) is 3.09. The highest BCUT2D eigenvalue weighted by atomic mass is 32.2. The first-order valence-electron chi connectivity index (χ1n) is 4.65. The number of carbonyl (C=O) groups is 1. The summed E-state index contributed by atoms with van der Waals surface area (Å²) in [5.41, 5.74) is 5.48. The Balaban J connectivity index is 1.82. The van der Waals surface area contributed by atoms with Crippen molar-refractivity contribution < 1.29 is 4.79 Å². The van der Waals surface area contributed by atoms with Gasteiger partial charge in [-0.25, -0.2) is 15.0 Å². The molecule has 0 aliphatic rings. The molecule has 0 spiro atoms. The number of rotatable bonds is 4. The molecule has 2 aromatic heterocycles. The van der Waals surface area contributed by atoms with Gasteiger partial charge < -0.3 is 5.73 Å². The topological polar surface area (TPSA) is 93.8 Å². The molecule has 2 heterocycles. The zero-order chi connectivity index (χ0) is 12.1. The van der Waals surface area contributed by atoms with Gasteiger partial charge in [0.25, 0.3) is 0 Å². The van der Waals surface area contributed by atoms with E-state index in [1.165, 1.54) is 23.1 Å². The predicted molar refractivity (Wildman–Crippen MR) is 67.9 cm³/mol. The average molecular weight is 267 g/mol. The molecule has 6 nitrogen and oxygen atoms in total. The molecule has 0 radical (unpaired) electrons. The summed E-state index contributed by atoms with van der Waals surface area (Å²) in [7, 11) is 0. The Morgan fingerprint density at radius 3 is 2.82 bits per heavy atom. The van der Waals surface area contributed by atoms with E-state index in [0.717, 1.165) is 4.21 Å². The van der Waals surface area contributed by atoms with Crippen LogP contribution in [0.5, 0.6) is 0 Å². The number of hydrogen-bond acceptors (Lipinski definition) is 7. The van der Waals surface area contributed by atoms with Crippen LogP contribution in [0.4, 0.5) is 11.1 Å². The molecule has 0 bridgehead atoms. The lowest BCUT2D eigenvalue weighted by Crippen LogP contribution is -2.15. The quantitative estimate of drug-likeness (QED) is 0.810. The van der Waals surface area contributed by atoms with Crippen LogP contribution in [0.15, 0.2) is 28.9 Å². The average Bonchev–Trinajstić information content (AvgIpc) is 2.74. The van der Waals surface area contributed by atoms with Gasteiger partial charge in [0.15, 0.2) is 5.13 Å². The molecule has 8 heteroatoms. The van der Waals surface area contributed by atoms with E-state index in [1.807, 2.05) is 0 Å². The highest BCUT2D eigenvalue weighted by molar-refractivity contribution is 8.01. The fourth-order valence-electron chi connectivity index (χ4n) is 1.000. The SMILES string of the molecule is Nc1ncc(SCC(=O)Nc2ncccn2)s1. The van der Waals surface area contributed by atoms with E-state index in [1.54, 1.807) is 24.7 Å². The Labute approximate surface area is 106 Å². The molecule has 0 aromatic carbocycles. The summed E-state index contributed by atoms with van der Waals surface area (Å²) in [5.74, 6) is 0.426. The van der Waals surface area contributed by atoms with Crippen molar-refractivity contribution in [3.05, 3.63) is 24.7 Å². The maximum Gasteiger partial charge on any atom is 0.237 e. The fraction of sp³-hybridized carbons (Fsp3) is 0.111. The second kappa shape index (κ2) is 5.60. The van der Waals surface area contributed by atoms with Crippen molar-refractivity contribution in [3.8, 4) is 0 Å². The van der Waals surface area contributed by atoms with Crippen molar-refractivity contribution in [2.45, 2.75) is 4.21 Å². The molecule has 0 unspecified atom stereocenters. The summed E-state index contributed by atoms with van der Waals surface area (Å²) in [6.07, 6.45) is 4.79. The van der Waals surface area contributed by atoms with E-state index in [2.05, 4.69) is 20.3 Å². The van der Waals surface area contributed by atoms with Crippen molar-refractivity contribution in [3.63, 3.8) is 0 Å². The van der Waals surface area contributed by atoms with Crippen LogP contribution >= 0.6 is 23.1 Å². The van der Waals surface area contributed by atoms with Crippen LogP contribution in [0.25, 0.3) is 0 Å². The van der Waals surface area contributed by atoms with Crippen LogP contribution in [-0.4, -0.2) is 26.6 Å². The highest BCUT2D eigenvalue weighted by Crippen LogP contribution is 2.26. The minimum absolute atomic E-state index is 0.159. The lowest BCUT2D eigenvalue weighted by molar-refractivity contribution is -0.113. The van der Waals surface area contributed by atoms with E-state index in [-0.39, 0.29) is 11.7 Å². The monoisotopic (exact) mass is 267 g/mol.